The van der Waals surface area contributed by atoms with Crippen LogP contribution in [0.3, 0.4) is 0 Å². The normalized spacial score (nSPS) is 10.2. The van der Waals surface area contributed by atoms with E-state index in [1.165, 1.54) is 7.11 Å². The molecule has 0 amide bonds. The molecule has 0 radical (unpaired) electrons. The Morgan fingerprint density at radius 1 is 0.880 bits per heavy atom. The second-order valence-corrected chi connectivity index (χ2v) is 5.42. The fourth-order valence-corrected chi connectivity index (χ4v) is 2.27. The van der Waals surface area contributed by atoms with Crippen molar-refractivity contribution >= 4 is 11.9 Å². The van der Waals surface area contributed by atoms with Gasteiger partial charge in [-0.25, -0.2) is 9.59 Å². The lowest BCUT2D eigenvalue weighted by Gasteiger charge is -2.11. The van der Waals surface area contributed by atoms with Crippen molar-refractivity contribution in [2.45, 2.75) is 26.4 Å². The van der Waals surface area contributed by atoms with E-state index in [0.29, 0.717) is 29.0 Å². The van der Waals surface area contributed by atoms with Crippen LogP contribution in [0.15, 0.2) is 48.5 Å². The number of benzene rings is 2. The van der Waals surface area contributed by atoms with Gasteiger partial charge in [0.25, 0.3) is 0 Å². The first-order valence-electron chi connectivity index (χ1n) is 8.22. The highest BCUT2D eigenvalue weighted by Crippen LogP contribution is 2.19. The Hall–Kier alpha value is -2.82. The minimum Gasteiger partial charge on any atom is -0.496 e. The molecule has 0 saturated heterocycles. The van der Waals surface area contributed by atoms with Crippen LogP contribution in [0.1, 0.15) is 46.0 Å². The molecule has 0 aliphatic heterocycles. The summed E-state index contributed by atoms with van der Waals surface area (Å²) >= 11 is 0. The van der Waals surface area contributed by atoms with Gasteiger partial charge in [-0.1, -0.05) is 43.7 Å². The first-order valence-corrected chi connectivity index (χ1v) is 8.22. The quantitative estimate of drug-likeness (QED) is 0.536. The van der Waals surface area contributed by atoms with Gasteiger partial charge < -0.3 is 14.2 Å². The van der Waals surface area contributed by atoms with Crippen LogP contribution in [0.5, 0.6) is 5.75 Å². The number of ether oxygens (including phenoxy) is 3. The summed E-state index contributed by atoms with van der Waals surface area (Å²) in [6.45, 7) is 2.39. The molecule has 0 spiro atoms. The van der Waals surface area contributed by atoms with Gasteiger partial charge in [0.05, 0.1) is 19.3 Å². The Kier molecular flexibility index (Phi) is 7.01. The highest BCUT2D eigenvalue weighted by atomic mass is 16.5. The standard InChI is InChI=1S/C20H22O5/c1-3-4-13-24-19(21)16-10-6-5-9-15(16)14-25-20(22)17-11-7-8-12-18(17)23-2/h5-12H,3-4,13-14H2,1-2H3. The van der Waals surface area contributed by atoms with Gasteiger partial charge in [0.15, 0.2) is 0 Å². The average molecular weight is 342 g/mol. The topological polar surface area (TPSA) is 61.8 Å². The molecule has 2 aromatic carbocycles. The van der Waals surface area contributed by atoms with Gasteiger partial charge in [-0.05, 0) is 24.6 Å². The van der Waals surface area contributed by atoms with Gasteiger partial charge >= 0.3 is 11.9 Å². The van der Waals surface area contributed by atoms with Gasteiger partial charge in [-0.15, -0.1) is 0 Å². The molecule has 0 aromatic heterocycles. The first-order chi connectivity index (χ1) is 12.2. The zero-order chi connectivity index (χ0) is 18.1. The van der Waals surface area contributed by atoms with Crippen LogP contribution in [-0.2, 0) is 16.1 Å². The van der Waals surface area contributed by atoms with Crippen molar-refractivity contribution < 1.29 is 23.8 Å². The fourth-order valence-electron chi connectivity index (χ4n) is 2.27. The average Bonchev–Trinajstić information content (AvgIpc) is 2.66. The van der Waals surface area contributed by atoms with Crippen LogP contribution in [0.25, 0.3) is 0 Å². The van der Waals surface area contributed by atoms with Gasteiger partial charge in [0, 0.05) is 5.56 Å². The maximum Gasteiger partial charge on any atom is 0.342 e. The van der Waals surface area contributed by atoms with Crippen LogP contribution in [0.4, 0.5) is 0 Å². The lowest BCUT2D eigenvalue weighted by Crippen LogP contribution is -2.12. The molecule has 5 nitrogen and oxygen atoms in total. The van der Waals surface area contributed by atoms with Crippen LogP contribution >= 0.6 is 0 Å². The molecule has 0 N–H and O–H groups in total. The summed E-state index contributed by atoms with van der Waals surface area (Å²) in [5.41, 5.74) is 1.35. The molecule has 2 aromatic rings. The number of hydrogen-bond acceptors (Lipinski definition) is 5. The number of rotatable bonds is 8. The van der Waals surface area contributed by atoms with E-state index in [9.17, 15) is 9.59 Å². The molecule has 0 saturated carbocycles. The molecule has 0 fully saturated rings. The molecule has 2 rings (SSSR count). The lowest BCUT2D eigenvalue weighted by atomic mass is 10.1. The SMILES string of the molecule is CCCCOC(=O)c1ccccc1COC(=O)c1ccccc1OC. The predicted octanol–water partition coefficient (Wildman–Crippen LogP) is 4.01. The molecule has 132 valence electrons. The second-order valence-electron chi connectivity index (χ2n) is 5.42. The molecular weight excluding hydrogens is 320 g/mol. The fraction of sp³-hybridized carbons (Fsp3) is 0.300. The summed E-state index contributed by atoms with van der Waals surface area (Å²) in [7, 11) is 1.49. The Morgan fingerprint density at radius 2 is 1.52 bits per heavy atom. The van der Waals surface area contributed by atoms with E-state index in [4.69, 9.17) is 14.2 Å². The van der Waals surface area contributed by atoms with E-state index in [1.54, 1.807) is 48.5 Å². The number of para-hydroxylation sites is 1. The molecular formula is C20H22O5. The number of methoxy groups -OCH3 is 1. The highest BCUT2D eigenvalue weighted by Gasteiger charge is 2.16. The minimum atomic E-state index is -0.508. The number of hydrogen-bond donors (Lipinski definition) is 0. The molecule has 0 atom stereocenters. The summed E-state index contributed by atoms with van der Waals surface area (Å²) in [5, 5.41) is 0. The number of esters is 2. The molecule has 0 aliphatic carbocycles. The van der Waals surface area contributed by atoms with Gasteiger partial charge in [-0.3, -0.25) is 0 Å². The van der Waals surface area contributed by atoms with E-state index >= 15 is 0 Å². The maximum absolute atomic E-state index is 12.3. The summed E-state index contributed by atoms with van der Waals surface area (Å²) in [6.07, 6.45) is 1.77. The van der Waals surface area contributed by atoms with Gasteiger partial charge in [0.2, 0.25) is 0 Å². The smallest absolute Gasteiger partial charge is 0.342 e. The Morgan fingerprint density at radius 3 is 2.24 bits per heavy atom. The molecule has 0 bridgehead atoms. The summed E-state index contributed by atoms with van der Waals surface area (Å²) in [4.78, 5) is 24.4. The zero-order valence-corrected chi connectivity index (χ0v) is 14.5. The molecule has 25 heavy (non-hydrogen) atoms. The third-order valence-corrected chi connectivity index (χ3v) is 3.65. The molecule has 0 unspecified atom stereocenters. The van der Waals surface area contributed by atoms with Crippen LogP contribution in [-0.4, -0.2) is 25.7 Å². The predicted molar refractivity (Wildman–Crippen MR) is 93.7 cm³/mol. The molecule has 5 heteroatoms. The monoisotopic (exact) mass is 342 g/mol. The van der Waals surface area contributed by atoms with Crippen molar-refractivity contribution in [3.8, 4) is 5.75 Å². The van der Waals surface area contributed by atoms with Crippen LogP contribution in [0, 0.1) is 0 Å². The van der Waals surface area contributed by atoms with Gasteiger partial charge in [-0.2, -0.15) is 0 Å². The van der Waals surface area contributed by atoms with Crippen molar-refractivity contribution in [1.29, 1.82) is 0 Å². The largest absolute Gasteiger partial charge is 0.496 e. The maximum atomic E-state index is 12.3. The summed E-state index contributed by atoms with van der Waals surface area (Å²) in [5.74, 6) is -0.469. The Balaban J connectivity index is 2.05. The Labute approximate surface area is 147 Å². The zero-order valence-electron chi connectivity index (χ0n) is 14.5. The second kappa shape index (κ2) is 9.47. The third kappa shape index (κ3) is 5.08. The van der Waals surface area contributed by atoms with E-state index in [-0.39, 0.29) is 6.61 Å². The highest BCUT2D eigenvalue weighted by molar-refractivity contribution is 5.93. The molecule has 0 heterocycles. The summed E-state index contributed by atoms with van der Waals surface area (Å²) in [6, 6.07) is 13.8. The number of unbranched alkanes of at least 4 members (excludes halogenated alkanes) is 1. The van der Waals surface area contributed by atoms with Crippen molar-refractivity contribution in [2.75, 3.05) is 13.7 Å². The van der Waals surface area contributed by atoms with Crippen molar-refractivity contribution in [3.63, 3.8) is 0 Å². The van der Waals surface area contributed by atoms with E-state index < -0.39 is 11.9 Å². The van der Waals surface area contributed by atoms with Crippen LogP contribution < -0.4 is 4.74 Å². The Bertz CT molecular complexity index is 724. The van der Waals surface area contributed by atoms with E-state index in [1.807, 2.05) is 6.92 Å². The van der Waals surface area contributed by atoms with Crippen molar-refractivity contribution in [2.24, 2.45) is 0 Å². The van der Waals surface area contributed by atoms with Crippen molar-refractivity contribution in [1.82, 2.24) is 0 Å². The van der Waals surface area contributed by atoms with Crippen molar-refractivity contribution in [3.05, 3.63) is 65.2 Å². The number of carbonyl (C=O) groups is 2. The van der Waals surface area contributed by atoms with E-state index in [2.05, 4.69) is 0 Å². The number of carbonyl (C=O) groups excluding carboxylic acids is 2. The summed E-state index contributed by atoms with van der Waals surface area (Å²) < 4.78 is 15.7. The van der Waals surface area contributed by atoms with Gasteiger partial charge in [0.1, 0.15) is 17.9 Å². The van der Waals surface area contributed by atoms with E-state index in [0.717, 1.165) is 12.8 Å². The lowest BCUT2D eigenvalue weighted by molar-refractivity contribution is 0.0439. The third-order valence-electron chi connectivity index (χ3n) is 3.65. The molecule has 0 aliphatic rings. The van der Waals surface area contributed by atoms with Crippen LogP contribution in [0.2, 0.25) is 0 Å². The minimum absolute atomic E-state index is 0.0179. The first kappa shape index (κ1) is 18.5.